The third-order valence-corrected chi connectivity index (χ3v) is 4.11. The summed E-state index contributed by atoms with van der Waals surface area (Å²) < 4.78 is 0. The Labute approximate surface area is 114 Å². The van der Waals surface area contributed by atoms with Crippen LogP contribution in [0.1, 0.15) is 22.3 Å². The van der Waals surface area contributed by atoms with E-state index >= 15 is 0 Å². The van der Waals surface area contributed by atoms with Crippen molar-refractivity contribution >= 4 is 11.6 Å². The summed E-state index contributed by atoms with van der Waals surface area (Å²) in [5, 5.41) is 3.38. The molecule has 0 aromatic heterocycles. The van der Waals surface area contributed by atoms with Gasteiger partial charge in [0.2, 0.25) is 0 Å². The van der Waals surface area contributed by atoms with Crippen LogP contribution < -0.4 is 10.2 Å². The van der Waals surface area contributed by atoms with E-state index < -0.39 is 0 Å². The van der Waals surface area contributed by atoms with E-state index in [1.807, 2.05) is 24.1 Å². The molecule has 0 aliphatic carbocycles. The zero-order valence-electron chi connectivity index (χ0n) is 11.5. The molecule has 3 rings (SSSR count). The van der Waals surface area contributed by atoms with Crippen LogP contribution in [0.15, 0.2) is 18.2 Å². The molecule has 1 saturated heterocycles. The first-order chi connectivity index (χ1) is 9.27. The number of benzene rings is 1. The van der Waals surface area contributed by atoms with E-state index in [0.29, 0.717) is 0 Å². The summed E-state index contributed by atoms with van der Waals surface area (Å²) in [6.07, 6.45) is 2.06. The number of hydrogen-bond donors (Lipinski definition) is 1. The topological polar surface area (TPSA) is 35.6 Å². The Morgan fingerprint density at radius 3 is 2.74 bits per heavy atom. The van der Waals surface area contributed by atoms with Crippen molar-refractivity contribution in [3.05, 3.63) is 29.3 Å². The van der Waals surface area contributed by atoms with Gasteiger partial charge >= 0.3 is 0 Å². The molecule has 2 aliphatic rings. The summed E-state index contributed by atoms with van der Waals surface area (Å²) in [4.78, 5) is 16.6. The Balaban J connectivity index is 2.00. The van der Waals surface area contributed by atoms with E-state index in [-0.39, 0.29) is 5.91 Å². The minimum absolute atomic E-state index is 0.171. The van der Waals surface area contributed by atoms with E-state index in [0.717, 1.165) is 51.1 Å². The van der Waals surface area contributed by atoms with Crippen LogP contribution in [-0.4, -0.2) is 50.6 Å². The van der Waals surface area contributed by atoms with Crippen molar-refractivity contribution in [1.29, 1.82) is 0 Å². The van der Waals surface area contributed by atoms with E-state index in [9.17, 15) is 4.79 Å². The van der Waals surface area contributed by atoms with Gasteiger partial charge in [0, 0.05) is 51.0 Å². The molecule has 0 saturated carbocycles. The molecule has 0 spiro atoms. The molecule has 1 aromatic rings. The van der Waals surface area contributed by atoms with Gasteiger partial charge in [-0.05, 0) is 30.5 Å². The lowest BCUT2D eigenvalue weighted by molar-refractivity contribution is 0.0800. The Morgan fingerprint density at radius 1 is 1.16 bits per heavy atom. The van der Waals surface area contributed by atoms with Gasteiger partial charge < -0.3 is 15.1 Å². The smallest absolute Gasteiger partial charge is 0.253 e. The van der Waals surface area contributed by atoms with Crippen LogP contribution >= 0.6 is 0 Å². The number of rotatable bonds is 1. The number of fused-ring (bicyclic) bond motifs is 1. The molecule has 4 nitrogen and oxygen atoms in total. The van der Waals surface area contributed by atoms with Crippen LogP contribution in [-0.2, 0) is 6.42 Å². The Morgan fingerprint density at radius 2 is 1.95 bits per heavy atom. The van der Waals surface area contributed by atoms with Crippen molar-refractivity contribution in [2.45, 2.75) is 12.8 Å². The number of carbonyl (C=O) groups excluding carboxylic acids is 1. The molecule has 0 atom stereocenters. The molecule has 0 radical (unpaired) electrons. The van der Waals surface area contributed by atoms with Crippen LogP contribution in [0, 0.1) is 0 Å². The SMILES string of the molecule is CN1CCCc2c(cccc2N2CCNCC2)C1=O. The van der Waals surface area contributed by atoms with Crippen molar-refractivity contribution in [1.82, 2.24) is 10.2 Å². The number of hydrogen-bond acceptors (Lipinski definition) is 3. The molecule has 0 unspecified atom stereocenters. The zero-order chi connectivity index (χ0) is 13.2. The summed E-state index contributed by atoms with van der Waals surface area (Å²) in [5.41, 5.74) is 3.41. The average molecular weight is 259 g/mol. The van der Waals surface area contributed by atoms with Gasteiger partial charge in [0.05, 0.1) is 0 Å². The molecule has 0 bridgehead atoms. The molecule has 1 fully saturated rings. The Kier molecular flexibility index (Phi) is 3.42. The molecule has 2 heterocycles. The lowest BCUT2D eigenvalue weighted by atomic mass is 10.00. The van der Waals surface area contributed by atoms with Gasteiger partial charge in [-0.25, -0.2) is 0 Å². The minimum Gasteiger partial charge on any atom is -0.369 e. The Bertz CT molecular complexity index is 480. The fraction of sp³-hybridized carbons (Fsp3) is 0.533. The molecule has 4 heteroatoms. The standard InChI is InChI=1S/C15H21N3O/c1-17-9-3-5-12-13(15(17)19)4-2-6-14(12)18-10-7-16-8-11-18/h2,4,6,16H,3,5,7-11H2,1H3. The van der Waals surface area contributed by atoms with Crippen LogP contribution in [0.2, 0.25) is 0 Å². The molecule has 1 N–H and O–H groups in total. The second kappa shape index (κ2) is 5.21. The van der Waals surface area contributed by atoms with Gasteiger partial charge in [0.25, 0.3) is 5.91 Å². The van der Waals surface area contributed by atoms with Crippen molar-refractivity contribution in [3.63, 3.8) is 0 Å². The lowest BCUT2D eigenvalue weighted by Gasteiger charge is -2.31. The molecule has 19 heavy (non-hydrogen) atoms. The number of anilines is 1. The number of nitrogens with zero attached hydrogens (tertiary/aromatic N) is 2. The van der Waals surface area contributed by atoms with E-state index in [1.165, 1.54) is 11.3 Å². The molecule has 1 aromatic carbocycles. The largest absolute Gasteiger partial charge is 0.369 e. The van der Waals surface area contributed by atoms with Crippen LogP contribution in [0.3, 0.4) is 0 Å². The predicted octanol–water partition coefficient (Wildman–Crippen LogP) is 1.11. The maximum absolute atomic E-state index is 12.4. The number of carbonyl (C=O) groups is 1. The maximum Gasteiger partial charge on any atom is 0.253 e. The molecular weight excluding hydrogens is 238 g/mol. The monoisotopic (exact) mass is 259 g/mol. The van der Waals surface area contributed by atoms with Crippen LogP contribution in [0.4, 0.5) is 5.69 Å². The highest BCUT2D eigenvalue weighted by atomic mass is 16.2. The molecular formula is C15H21N3O. The van der Waals surface area contributed by atoms with E-state index in [4.69, 9.17) is 0 Å². The number of piperazine rings is 1. The van der Waals surface area contributed by atoms with E-state index in [2.05, 4.69) is 16.3 Å². The molecule has 102 valence electrons. The first-order valence-corrected chi connectivity index (χ1v) is 7.10. The van der Waals surface area contributed by atoms with Crippen LogP contribution in [0.5, 0.6) is 0 Å². The zero-order valence-corrected chi connectivity index (χ0v) is 11.5. The predicted molar refractivity (Wildman–Crippen MR) is 76.8 cm³/mol. The first kappa shape index (κ1) is 12.5. The van der Waals surface area contributed by atoms with Gasteiger partial charge in [0.1, 0.15) is 0 Å². The lowest BCUT2D eigenvalue weighted by Crippen LogP contribution is -2.44. The fourth-order valence-corrected chi connectivity index (χ4v) is 3.04. The molecule has 2 aliphatic heterocycles. The van der Waals surface area contributed by atoms with Gasteiger partial charge in [-0.3, -0.25) is 4.79 Å². The summed E-state index contributed by atoms with van der Waals surface area (Å²) >= 11 is 0. The second-order valence-corrected chi connectivity index (χ2v) is 5.37. The quantitative estimate of drug-likeness (QED) is 0.821. The molecule has 1 amide bonds. The van der Waals surface area contributed by atoms with Gasteiger partial charge in [-0.1, -0.05) is 6.07 Å². The van der Waals surface area contributed by atoms with Gasteiger partial charge in [0.15, 0.2) is 0 Å². The first-order valence-electron chi connectivity index (χ1n) is 7.10. The van der Waals surface area contributed by atoms with Crippen molar-refractivity contribution in [3.8, 4) is 0 Å². The third kappa shape index (κ3) is 2.32. The van der Waals surface area contributed by atoms with Crippen LogP contribution in [0.25, 0.3) is 0 Å². The average Bonchev–Trinajstić information content (AvgIpc) is 2.60. The number of nitrogens with one attached hydrogen (secondary N) is 1. The van der Waals surface area contributed by atoms with Gasteiger partial charge in [-0.2, -0.15) is 0 Å². The highest BCUT2D eigenvalue weighted by Gasteiger charge is 2.23. The normalized spacial score (nSPS) is 20.2. The summed E-state index contributed by atoms with van der Waals surface area (Å²) in [7, 11) is 1.90. The second-order valence-electron chi connectivity index (χ2n) is 5.37. The fourth-order valence-electron chi connectivity index (χ4n) is 3.04. The number of amides is 1. The highest BCUT2D eigenvalue weighted by molar-refractivity contribution is 5.97. The van der Waals surface area contributed by atoms with E-state index in [1.54, 1.807) is 0 Å². The van der Waals surface area contributed by atoms with Crippen molar-refractivity contribution in [2.75, 3.05) is 44.7 Å². The summed E-state index contributed by atoms with van der Waals surface area (Å²) in [5.74, 6) is 0.171. The third-order valence-electron chi connectivity index (χ3n) is 4.11. The van der Waals surface area contributed by atoms with Crippen molar-refractivity contribution in [2.24, 2.45) is 0 Å². The van der Waals surface area contributed by atoms with Crippen molar-refractivity contribution < 1.29 is 4.79 Å². The van der Waals surface area contributed by atoms with Gasteiger partial charge in [-0.15, -0.1) is 0 Å². The maximum atomic E-state index is 12.4. The Hall–Kier alpha value is -1.55. The summed E-state index contributed by atoms with van der Waals surface area (Å²) in [6, 6.07) is 6.17. The highest BCUT2D eigenvalue weighted by Crippen LogP contribution is 2.28. The minimum atomic E-state index is 0.171. The summed E-state index contributed by atoms with van der Waals surface area (Å²) in [6.45, 7) is 4.96.